The summed E-state index contributed by atoms with van der Waals surface area (Å²) in [6.07, 6.45) is 3.56. The van der Waals surface area contributed by atoms with E-state index >= 15 is 0 Å². The minimum atomic E-state index is -0.277. The van der Waals surface area contributed by atoms with Crippen LogP contribution in [0.3, 0.4) is 0 Å². The Labute approximate surface area is 103 Å². The molecule has 4 heteroatoms. The molecule has 1 fully saturated rings. The summed E-state index contributed by atoms with van der Waals surface area (Å²) in [5.74, 6) is 0.392. The molecule has 16 heavy (non-hydrogen) atoms. The Kier molecular flexibility index (Phi) is 4.18. The summed E-state index contributed by atoms with van der Waals surface area (Å²) in [6.45, 7) is 1.36. The standard InChI is InChI=1S/C12H14BrFO2/c13-11-7-9(4-5-12(11)14)16-8-10-3-1-2-6-15-10/h4-5,7,10H,1-3,6,8H2. The van der Waals surface area contributed by atoms with Crippen LogP contribution in [0.15, 0.2) is 22.7 Å². The third kappa shape index (κ3) is 3.19. The number of benzene rings is 1. The lowest BCUT2D eigenvalue weighted by atomic mass is 10.1. The maximum absolute atomic E-state index is 13.0. The van der Waals surface area contributed by atoms with Gasteiger partial charge in [0.1, 0.15) is 18.2 Å². The van der Waals surface area contributed by atoms with Crippen LogP contribution in [-0.2, 0) is 4.74 Å². The van der Waals surface area contributed by atoms with Crippen molar-refractivity contribution >= 4 is 15.9 Å². The van der Waals surface area contributed by atoms with Crippen LogP contribution in [0.25, 0.3) is 0 Å². The zero-order valence-electron chi connectivity index (χ0n) is 8.92. The zero-order chi connectivity index (χ0) is 11.4. The Bertz CT molecular complexity index is 351. The third-order valence-electron chi connectivity index (χ3n) is 2.60. The monoisotopic (exact) mass is 288 g/mol. The van der Waals surface area contributed by atoms with E-state index in [0.717, 1.165) is 19.4 Å². The minimum Gasteiger partial charge on any atom is -0.491 e. The van der Waals surface area contributed by atoms with Gasteiger partial charge in [0.15, 0.2) is 0 Å². The van der Waals surface area contributed by atoms with Crippen molar-refractivity contribution in [1.29, 1.82) is 0 Å². The summed E-state index contributed by atoms with van der Waals surface area (Å²) in [6, 6.07) is 4.65. The molecule has 1 aromatic carbocycles. The number of hydrogen-bond donors (Lipinski definition) is 0. The average molecular weight is 289 g/mol. The Hall–Kier alpha value is -0.610. The summed E-state index contributed by atoms with van der Waals surface area (Å²) in [4.78, 5) is 0. The van der Waals surface area contributed by atoms with E-state index in [1.807, 2.05) is 0 Å². The molecule has 0 N–H and O–H groups in total. The van der Waals surface area contributed by atoms with E-state index in [9.17, 15) is 4.39 Å². The molecule has 2 nitrogen and oxygen atoms in total. The third-order valence-corrected chi connectivity index (χ3v) is 3.21. The molecule has 1 saturated heterocycles. The van der Waals surface area contributed by atoms with Crippen molar-refractivity contribution in [2.45, 2.75) is 25.4 Å². The molecule has 1 aliphatic rings. The van der Waals surface area contributed by atoms with Crippen LogP contribution >= 0.6 is 15.9 Å². The molecule has 0 amide bonds. The molecule has 1 aromatic rings. The molecular formula is C12H14BrFO2. The van der Waals surface area contributed by atoms with Gasteiger partial charge in [-0.25, -0.2) is 4.39 Å². The normalized spacial score (nSPS) is 20.8. The first-order chi connectivity index (χ1) is 7.75. The van der Waals surface area contributed by atoms with Crippen molar-refractivity contribution in [2.75, 3.05) is 13.2 Å². The molecule has 1 atom stereocenters. The van der Waals surface area contributed by atoms with Gasteiger partial charge in [-0.05, 0) is 53.4 Å². The quantitative estimate of drug-likeness (QED) is 0.847. The van der Waals surface area contributed by atoms with Crippen molar-refractivity contribution in [3.63, 3.8) is 0 Å². The molecule has 1 unspecified atom stereocenters. The zero-order valence-corrected chi connectivity index (χ0v) is 10.5. The van der Waals surface area contributed by atoms with Gasteiger partial charge in [-0.1, -0.05) is 0 Å². The van der Waals surface area contributed by atoms with Crippen LogP contribution in [0.1, 0.15) is 19.3 Å². The first kappa shape index (κ1) is 11.9. The van der Waals surface area contributed by atoms with E-state index in [-0.39, 0.29) is 11.9 Å². The fraction of sp³-hybridized carbons (Fsp3) is 0.500. The van der Waals surface area contributed by atoms with Crippen molar-refractivity contribution in [3.05, 3.63) is 28.5 Å². The second kappa shape index (κ2) is 5.64. The smallest absolute Gasteiger partial charge is 0.137 e. The van der Waals surface area contributed by atoms with E-state index in [2.05, 4.69) is 15.9 Å². The fourth-order valence-corrected chi connectivity index (χ4v) is 2.05. The molecule has 0 aliphatic carbocycles. The molecule has 0 aromatic heterocycles. The van der Waals surface area contributed by atoms with Gasteiger partial charge >= 0.3 is 0 Å². The summed E-state index contributed by atoms with van der Waals surface area (Å²) in [5, 5.41) is 0. The Balaban J connectivity index is 1.86. The number of ether oxygens (including phenoxy) is 2. The van der Waals surface area contributed by atoms with E-state index in [1.54, 1.807) is 12.1 Å². The van der Waals surface area contributed by atoms with Gasteiger partial charge in [-0.2, -0.15) is 0 Å². The maximum Gasteiger partial charge on any atom is 0.137 e. The van der Waals surface area contributed by atoms with Crippen molar-refractivity contribution < 1.29 is 13.9 Å². The van der Waals surface area contributed by atoms with Crippen LogP contribution in [0.5, 0.6) is 5.75 Å². The predicted molar refractivity (Wildman–Crippen MR) is 63.2 cm³/mol. The van der Waals surface area contributed by atoms with Gasteiger partial charge in [0.25, 0.3) is 0 Å². The van der Waals surface area contributed by atoms with Crippen LogP contribution in [-0.4, -0.2) is 19.3 Å². The topological polar surface area (TPSA) is 18.5 Å². The predicted octanol–water partition coefficient (Wildman–Crippen LogP) is 3.54. The van der Waals surface area contributed by atoms with Crippen molar-refractivity contribution in [1.82, 2.24) is 0 Å². The van der Waals surface area contributed by atoms with Crippen LogP contribution in [0.4, 0.5) is 4.39 Å². The number of halogens is 2. The highest BCUT2D eigenvalue weighted by Crippen LogP contribution is 2.22. The highest BCUT2D eigenvalue weighted by Gasteiger charge is 2.14. The SMILES string of the molecule is Fc1ccc(OCC2CCCCO2)cc1Br. The van der Waals surface area contributed by atoms with Gasteiger partial charge in [0, 0.05) is 6.61 Å². The summed E-state index contributed by atoms with van der Waals surface area (Å²) in [5.41, 5.74) is 0. The van der Waals surface area contributed by atoms with Crippen molar-refractivity contribution in [3.8, 4) is 5.75 Å². The number of rotatable bonds is 3. The van der Waals surface area contributed by atoms with Gasteiger partial charge in [0.2, 0.25) is 0 Å². The lowest BCUT2D eigenvalue weighted by Gasteiger charge is -2.22. The molecule has 0 bridgehead atoms. The molecule has 88 valence electrons. The van der Waals surface area contributed by atoms with Gasteiger partial charge in [-0.15, -0.1) is 0 Å². The first-order valence-electron chi connectivity index (χ1n) is 5.45. The minimum absolute atomic E-state index is 0.178. The van der Waals surface area contributed by atoms with Crippen LogP contribution in [0, 0.1) is 5.82 Å². The highest BCUT2D eigenvalue weighted by molar-refractivity contribution is 9.10. The van der Waals surface area contributed by atoms with E-state index in [1.165, 1.54) is 12.5 Å². The molecule has 1 heterocycles. The molecule has 0 spiro atoms. The van der Waals surface area contributed by atoms with Gasteiger partial charge in [-0.3, -0.25) is 0 Å². The van der Waals surface area contributed by atoms with Crippen LogP contribution < -0.4 is 4.74 Å². The Morgan fingerprint density at radius 2 is 2.31 bits per heavy atom. The fourth-order valence-electron chi connectivity index (χ4n) is 1.69. The molecule has 2 rings (SSSR count). The average Bonchev–Trinajstić information content (AvgIpc) is 2.32. The molecule has 1 aliphatic heterocycles. The molecular weight excluding hydrogens is 275 g/mol. The van der Waals surface area contributed by atoms with E-state index in [4.69, 9.17) is 9.47 Å². The maximum atomic E-state index is 13.0. The molecule has 0 saturated carbocycles. The lowest BCUT2D eigenvalue weighted by Crippen LogP contribution is -2.25. The van der Waals surface area contributed by atoms with Gasteiger partial charge in [0.05, 0.1) is 10.6 Å². The second-order valence-corrected chi connectivity index (χ2v) is 4.73. The van der Waals surface area contributed by atoms with Crippen LogP contribution in [0.2, 0.25) is 0 Å². The first-order valence-corrected chi connectivity index (χ1v) is 6.24. The largest absolute Gasteiger partial charge is 0.491 e. The summed E-state index contributed by atoms with van der Waals surface area (Å²) < 4.78 is 24.5. The highest BCUT2D eigenvalue weighted by atomic mass is 79.9. The second-order valence-electron chi connectivity index (χ2n) is 3.88. The summed E-state index contributed by atoms with van der Waals surface area (Å²) in [7, 11) is 0. The van der Waals surface area contributed by atoms with E-state index < -0.39 is 0 Å². The number of hydrogen-bond acceptors (Lipinski definition) is 2. The Morgan fingerprint density at radius 1 is 1.44 bits per heavy atom. The van der Waals surface area contributed by atoms with E-state index in [0.29, 0.717) is 16.8 Å². The lowest BCUT2D eigenvalue weighted by molar-refractivity contribution is -0.0110. The molecule has 0 radical (unpaired) electrons. The Morgan fingerprint density at radius 3 is 3.00 bits per heavy atom. The van der Waals surface area contributed by atoms with Gasteiger partial charge < -0.3 is 9.47 Å². The van der Waals surface area contributed by atoms with Crippen molar-refractivity contribution in [2.24, 2.45) is 0 Å². The summed E-state index contributed by atoms with van der Waals surface area (Å²) >= 11 is 3.13.